The maximum absolute atomic E-state index is 13.3. The van der Waals surface area contributed by atoms with E-state index in [1.807, 2.05) is 30.3 Å². The van der Waals surface area contributed by atoms with E-state index in [0.717, 1.165) is 0 Å². The van der Waals surface area contributed by atoms with Crippen molar-refractivity contribution in [1.29, 1.82) is 0 Å². The number of hydrogen-bond donors (Lipinski definition) is 0. The molecule has 0 aliphatic rings. The van der Waals surface area contributed by atoms with Crippen molar-refractivity contribution in [2.24, 2.45) is 0 Å². The summed E-state index contributed by atoms with van der Waals surface area (Å²) in [6.45, 7) is 0. The zero-order valence-electron chi connectivity index (χ0n) is 11.8. The Hall–Kier alpha value is -2.24. The summed E-state index contributed by atoms with van der Waals surface area (Å²) in [6, 6.07) is 15.2. The summed E-state index contributed by atoms with van der Waals surface area (Å²) in [5.41, 5.74) is -1.60. The maximum atomic E-state index is 13.3. The van der Waals surface area contributed by atoms with Gasteiger partial charge in [-0.2, -0.15) is 30.3 Å². The molecule has 0 heterocycles. The fourth-order valence-electron chi connectivity index (χ4n) is 1.79. The molecule has 0 radical (unpaired) electrons. The quantitative estimate of drug-likeness (QED) is 0.157. The smallest absolute Gasteiger partial charge is 0.198 e. The Morgan fingerprint density at radius 3 is 1.54 bits per heavy atom. The van der Waals surface area contributed by atoms with Gasteiger partial charge in [-0.3, -0.25) is 0 Å². The van der Waals surface area contributed by atoms with Gasteiger partial charge in [0.15, 0.2) is 17.5 Å². The number of carbonyl (C=O) groups excluding carboxylic acids is 1. The van der Waals surface area contributed by atoms with Gasteiger partial charge in [0.25, 0.3) is 0 Å². The van der Waals surface area contributed by atoms with Gasteiger partial charge in [0.05, 0.1) is 0 Å². The predicted molar refractivity (Wildman–Crippen MR) is 73.7 cm³/mol. The van der Waals surface area contributed by atoms with Crippen LogP contribution in [-0.2, 0) is 17.1 Å². The molecule has 0 N–H and O–H groups in total. The second kappa shape index (κ2) is 8.57. The number of halogens is 5. The van der Waals surface area contributed by atoms with Crippen molar-refractivity contribution < 1.29 is 43.8 Å². The van der Waals surface area contributed by atoms with Crippen LogP contribution in [0, 0.1) is 29.1 Å². The maximum Gasteiger partial charge on any atom is 0.198 e. The largest absolute Gasteiger partial charge is 0.310 e. The van der Waals surface area contributed by atoms with Gasteiger partial charge < -0.3 is 4.79 Å². The van der Waals surface area contributed by atoms with E-state index in [0.29, 0.717) is 0 Å². The molecular weight excluding hydrogens is 371 g/mol. The molecule has 0 aliphatic carbocycles. The van der Waals surface area contributed by atoms with Crippen molar-refractivity contribution in [2.45, 2.75) is 0 Å². The van der Waals surface area contributed by atoms with Crippen molar-refractivity contribution in [3.05, 3.63) is 94.8 Å². The number of carbonyl (C=O) groups is 1. The van der Waals surface area contributed by atoms with E-state index in [1.165, 1.54) is 24.3 Å². The summed E-state index contributed by atoms with van der Waals surface area (Å²) in [7, 11) is 0. The summed E-state index contributed by atoms with van der Waals surface area (Å²) >= 11 is 0. The minimum Gasteiger partial charge on any atom is -0.310 e. The third kappa shape index (κ3) is 3.99. The first kappa shape index (κ1) is 19.8. The van der Waals surface area contributed by atoms with Gasteiger partial charge in [0.1, 0.15) is 17.4 Å². The van der Waals surface area contributed by atoms with Crippen LogP contribution in [0.4, 0.5) is 22.0 Å². The van der Waals surface area contributed by atoms with Crippen molar-refractivity contribution in [3.8, 4) is 0 Å². The molecule has 0 bridgehead atoms. The van der Waals surface area contributed by atoms with Gasteiger partial charge in [-0.15, -0.1) is 12.1 Å². The van der Waals surface area contributed by atoms with Crippen molar-refractivity contribution >= 4 is 5.78 Å². The minimum absolute atomic E-state index is 0. The summed E-state index contributed by atoms with van der Waals surface area (Å²) in [5, 5.41) is 0. The molecule has 3 aromatic rings. The molecule has 0 aromatic heterocycles. The Bertz CT molecular complexity index is 749. The van der Waals surface area contributed by atoms with Crippen molar-refractivity contribution in [2.75, 3.05) is 0 Å². The van der Waals surface area contributed by atoms with Crippen LogP contribution in [-0.4, -0.2) is 5.78 Å². The summed E-state index contributed by atoms with van der Waals surface area (Å²) in [5.74, 6) is -12.1. The Kier molecular flexibility index (Phi) is 7.07. The zero-order chi connectivity index (χ0) is 17.0. The molecular formula is C17H9F5FeO-2. The van der Waals surface area contributed by atoms with Crippen molar-refractivity contribution in [3.63, 3.8) is 0 Å². The molecule has 0 spiro atoms. The molecule has 3 rings (SSSR count). The molecule has 3 aromatic carbocycles. The van der Waals surface area contributed by atoms with Gasteiger partial charge in [-0.05, 0) is 0 Å². The van der Waals surface area contributed by atoms with Crippen LogP contribution in [0.2, 0.25) is 0 Å². The third-order valence-electron chi connectivity index (χ3n) is 2.92. The van der Waals surface area contributed by atoms with Gasteiger partial charge >= 0.3 is 0 Å². The zero-order valence-corrected chi connectivity index (χ0v) is 13.0. The average Bonchev–Trinajstić information content (AvgIpc) is 3.26. The predicted octanol–water partition coefficient (Wildman–Crippen LogP) is 4.74. The van der Waals surface area contributed by atoms with Gasteiger partial charge in [-0.1, -0.05) is 5.56 Å². The van der Waals surface area contributed by atoms with Crippen LogP contribution in [0.25, 0.3) is 0 Å². The number of hydrogen-bond acceptors (Lipinski definition) is 1. The van der Waals surface area contributed by atoms with Crippen LogP contribution < -0.4 is 0 Å². The minimum atomic E-state index is -2.29. The van der Waals surface area contributed by atoms with Crippen molar-refractivity contribution in [1.82, 2.24) is 0 Å². The Morgan fingerprint density at radius 1 is 0.750 bits per heavy atom. The molecule has 24 heavy (non-hydrogen) atoms. The third-order valence-corrected chi connectivity index (χ3v) is 2.92. The molecule has 0 saturated carbocycles. The second-order valence-electron chi connectivity index (χ2n) is 4.41. The van der Waals surface area contributed by atoms with Gasteiger partial charge in [0.2, 0.25) is 0 Å². The number of ketones is 1. The first-order chi connectivity index (χ1) is 10.9. The molecule has 0 saturated heterocycles. The van der Waals surface area contributed by atoms with Crippen LogP contribution in [0.1, 0.15) is 15.9 Å². The molecule has 0 atom stereocenters. The van der Waals surface area contributed by atoms with E-state index in [4.69, 9.17) is 0 Å². The van der Waals surface area contributed by atoms with Gasteiger partial charge in [-0.25, -0.2) is 34.1 Å². The fourth-order valence-corrected chi connectivity index (χ4v) is 1.79. The normalized spacial score (nSPS) is 9.71. The van der Waals surface area contributed by atoms with Crippen LogP contribution in [0.15, 0.2) is 54.6 Å². The van der Waals surface area contributed by atoms with E-state index < -0.39 is 40.4 Å². The number of rotatable bonds is 2. The van der Waals surface area contributed by atoms with E-state index in [-0.39, 0.29) is 22.6 Å². The van der Waals surface area contributed by atoms with E-state index >= 15 is 0 Å². The Balaban J connectivity index is 0.000000412. The summed E-state index contributed by atoms with van der Waals surface area (Å²) in [6.07, 6.45) is 0. The fraction of sp³-hybridized carbons (Fsp3) is 0. The van der Waals surface area contributed by atoms with E-state index in [1.54, 1.807) is 0 Å². The van der Waals surface area contributed by atoms with Gasteiger partial charge in [0, 0.05) is 22.6 Å². The molecule has 0 unspecified atom stereocenters. The van der Waals surface area contributed by atoms with Crippen LogP contribution >= 0.6 is 0 Å². The standard InChI is InChI=1S/C12H4F5O.C5H5.Fe/c13-7-6(12(18)5-3-1-2-4-5)8(14)10(16)11(17)9(7)15;1-2-4-5-3-1;/h1-4H;1-5H;/q2*-1;. The van der Waals surface area contributed by atoms with E-state index in [9.17, 15) is 26.7 Å². The van der Waals surface area contributed by atoms with Crippen LogP contribution in [0.5, 0.6) is 0 Å². The topological polar surface area (TPSA) is 17.1 Å². The SMILES string of the molecule is O=C(c1c(F)c(F)c(F)c(F)c1F)[c-]1cccc1.[Fe].c1cc[cH-]c1. The molecule has 0 amide bonds. The monoisotopic (exact) mass is 380 g/mol. The Morgan fingerprint density at radius 2 is 1.17 bits per heavy atom. The summed E-state index contributed by atoms with van der Waals surface area (Å²) < 4.78 is 65.2. The first-order valence-corrected chi connectivity index (χ1v) is 6.39. The molecule has 0 fully saturated rings. The second-order valence-corrected chi connectivity index (χ2v) is 4.41. The molecule has 7 heteroatoms. The van der Waals surface area contributed by atoms with Crippen LogP contribution in [0.3, 0.4) is 0 Å². The Labute approximate surface area is 144 Å². The molecule has 1 nitrogen and oxygen atoms in total. The summed E-state index contributed by atoms with van der Waals surface area (Å²) in [4.78, 5) is 11.6. The average molecular weight is 380 g/mol. The molecule has 128 valence electrons. The van der Waals surface area contributed by atoms with E-state index in [2.05, 4.69) is 0 Å². The number of benzene rings is 1. The molecule has 0 aliphatic heterocycles. The first-order valence-electron chi connectivity index (χ1n) is 6.39.